The van der Waals surface area contributed by atoms with Gasteiger partial charge in [0.2, 0.25) is 5.75 Å². The predicted molar refractivity (Wildman–Crippen MR) is 158 cm³/mol. The molecule has 1 aliphatic rings. The first-order valence-electron chi connectivity index (χ1n) is 14.5. The fourth-order valence-corrected chi connectivity index (χ4v) is 4.22. The maximum Gasteiger partial charge on any atom is 0.514 e. The number of hydrogen-bond donors (Lipinski definition) is 1. The van der Waals surface area contributed by atoms with Gasteiger partial charge < -0.3 is 33.7 Å². The highest BCUT2D eigenvalue weighted by molar-refractivity contribution is 5.98. The average Bonchev–Trinajstić information content (AvgIpc) is 3.02. The molecule has 1 amide bonds. The van der Waals surface area contributed by atoms with Crippen LogP contribution in [0.4, 0.5) is 4.79 Å². The van der Waals surface area contributed by atoms with Crippen LogP contribution in [0, 0.1) is 17.3 Å². The molecule has 3 rings (SSSR count). The van der Waals surface area contributed by atoms with Crippen LogP contribution in [0.5, 0.6) is 11.5 Å². The van der Waals surface area contributed by atoms with Crippen molar-refractivity contribution in [3.8, 4) is 11.5 Å². The summed E-state index contributed by atoms with van der Waals surface area (Å²) in [4.78, 5) is 69.2. The zero-order valence-electron chi connectivity index (χ0n) is 26.5. The third-order valence-electron chi connectivity index (χ3n) is 6.58. The standard InChI is InChI=1S/C32H40N2O11/c1-18(2)28(36)44-25-19(3)43-30(38)22(16-41-29(37)21(25)15-20-11-9-8-10-12-20)34-27(35)24-26(23(40-7)13-14-33-24)45-31(39)42-17-32(4,5)6/h8-14,18-19,21-22,25H,15-17H2,1-7H3,(H,34,35)/t19-,21+,22?,25?/m0/s1. The molecule has 2 heterocycles. The molecular weight excluding hydrogens is 588 g/mol. The minimum atomic E-state index is -1.49. The van der Waals surface area contributed by atoms with Crippen molar-refractivity contribution in [2.24, 2.45) is 17.3 Å². The molecule has 1 aromatic carbocycles. The molecule has 13 nitrogen and oxygen atoms in total. The molecule has 1 N–H and O–H groups in total. The topological polar surface area (TPSA) is 166 Å². The summed E-state index contributed by atoms with van der Waals surface area (Å²) in [6.07, 6.45) is -1.99. The molecule has 1 fully saturated rings. The smallest absolute Gasteiger partial charge is 0.493 e. The van der Waals surface area contributed by atoms with Crippen molar-refractivity contribution < 1.29 is 52.4 Å². The van der Waals surface area contributed by atoms with Gasteiger partial charge in [-0.1, -0.05) is 65.0 Å². The van der Waals surface area contributed by atoms with Gasteiger partial charge in [0.1, 0.15) is 18.6 Å². The number of methoxy groups -OCH3 is 1. The molecule has 13 heteroatoms. The summed E-state index contributed by atoms with van der Waals surface area (Å²) in [6, 6.07) is 8.91. The van der Waals surface area contributed by atoms with Gasteiger partial charge in [-0.25, -0.2) is 14.6 Å². The van der Waals surface area contributed by atoms with Gasteiger partial charge in [-0.05, 0) is 24.3 Å². The average molecular weight is 629 g/mol. The molecule has 0 radical (unpaired) electrons. The van der Waals surface area contributed by atoms with Gasteiger partial charge in [-0.3, -0.25) is 14.4 Å². The lowest BCUT2D eigenvalue weighted by Crippen LogP contribution is -2.47. The van der Waals surface area contributed by atoms with E-state index in [1.54, 1.807) is 38.1 Å². The van der Waals surface area contributed by atoms with E-state index < -0.39 is 72.4 Å². The Balaban J connectivity index is 1.87. The van der Waals surface area contributed by atoms with E-state index in [1.165, 1.54) is 26.3 Å². The summed E-state index contributed by atoms with van der Waals surface area (Å²) in [5, 5.41) is 2.43. The van der Waals surface area contributed by atoms with Gasteiger partial charge in [-0.2, -0.15) is 0 Å². The Morgan fingerprint density at radius 3 is 2.38 bits per heavy atom. The minimum Gasteiger partial charge on any atom is -0.493 e. The van der Waals surface area contributed by atoms with E-state index >= 15 is 0 Å². The zero-order valence-corrected chi connectivity index (χ0v) is 26.5. The van der Waals surface area contributed by atoms with Gasteiger partial charge in [0, 0.05) is 12.3 Å². The molecular formula is C32H40N2O11. The van der Waals surface area contributed by atoms with E-state index in [2.05, 4.69) is 10.3 Å². The van der Waals surface area contributed by atoms with Crippen molar-refractivity contribution in [1.29, 1.82) is 0 Å². The lowest BCUT2D eigenvalue weighted by Gasteiger charge is -2.29. The number of benzene rings is 1. The molecule has 4 atom stereocenters. The van der Waals surface area contributed by atoms with Crippen molar-refractivity contribution in [2.45, 2.75) is 66.2 Å². The van der Waals surface area contributed by atoms with Crippen LogP contribution < -0.4 is 14.8 Å². The van der Waals surface area contributed by atoms with Gasteiger partial charge in [0.15, 0.2) is 23.6 Å². The second-order valence-corrected chi connectivity index (χ2v) is 12.0. The van der Waals surface area contributed by atoms with Gasteiger partial charge >= 0.3 is 24.1 Å². The fourth-order valence-electron chi connectivity index (χ4n) is 4.22. The zero-order chi connectivity index (χ0) is 33.3. The van der Waals surface area contributed by atoms with Crippen LogP contribution in [0.15, 0.2) is 42.6 Å². The number of carbonyl (C=O) groups excluding carboxylic acids is 5. The maximum absolute atomic E-state index is 13.4. The number of carbonyl (C=O) groups is 5. The van der Waals surface area contributed by atoms with Crippen molar-refractivity contribution >= 4 is 30.0 Å². The Morgan fingerprint density at radius 2 is 1.76 bits per heavy atom. The first-order valence-corrected chi connectivity index (χ1v) is 14.5. The number of rotatable bonds is 9. The van der Waals surface area contributed by atoms with Crippen LogP contribution >= 0.6 is 0 Å². The quantitative estimate of drug-likeness (QED) is 0.317. The third-order valence-corrected chi connectivity index (χ3v) is 6.58. The monoisotopic (exact) mass is 628 g/mol. The molecule has 1 aromatic heterocycles. The molecule has 0 bridgehead atoms. The summed E-state index contributed by atoms with van der Waals surface area (Å²) < 4.78 is 32.5. The highest BCUT2D eigenvalue weighted by atomic mass is 16.7. The van der Waals surface area contributed by atoms with E-state index in [0.29, 0.717) is 0 Å². The number of nitrogens with zero attached hydrogens (tertiary/aromatic N) is 1. The Labute approximate surface area is 261 Å². The summed E-state index contributed by atoms with van der Waals surface area (Å²) in [5.41, 5.74) is 0.0150. The van der Waals surface area contributed by atoms with Gasteiger partial charge in [0.05, 0.1) is 19.6 Å². The normalized spacial score (nSPS) is 20.4. The lowest BCUT2D eigenvalue weighted by atomic mass is 9.91. The number of ether oxygens (including phenoxy) is 6. The van der Waals surface area contributed by atoms with Crippen LogP contribution in [0.1, 0.15) is 57.6 Å². The molecule has 1 aliphatic heterocycles. The molecule has 0 spiro atoms. The summed E-state index contributed by atoms with van der Waals surface area (Å²) in [7, 11) is 1.30. The number of hydrogen-bond acceptors (Lipinski definition) is 12. The van der Waals surface area contributed by atoms with Crippen LogP contribution in [0.25, 0.3) is 0 Å². The Bertz CT molecular complexity index is 1370. The van der Waals surface area contributed by atoms with Gasteiger partial charge in [0.25, 0.3) is 5.91 Å². The highest BCUT2D eigenvalue weighted by Gasteiger charge is 2.42. The molecule has 1 saturated heterocycles. The largest absolute Gasteiger partial charge is 0.514 e. The minimum absolute atomic E-state index is 0.00137. The molecule has 0 saturated carbocycles. The van der Waals surface area contributed by atoms with E-state index in [-0.39, 0.29) is 29.9 Å². The van der Waals surface area contributed by atoms with Crippen molar-refractivity contribution in [2.75, 3.05) is 20.3 Å². The second-order valence-electron chi connectivity index (χ2n) is 12.0. The van der Waals surface area contributed by atoms with E-state index in [1.807, 2.05) is 26.8 Å². The summed E-state index contributed by atoms with van der Waals surface area (Å²) >= 11 is 0. The molecule has 244 valence electrons. The summed E-state index contributed by atoms with van der Waals surface area (Å²) in [5.74, 6) is -5.14. The maximum atomic E-state index is 13.4. The number of cyclic esters (lactones) is 2. The SMILES string of the molecule is COc1ccnc(C(=O)NC2COC(=O)[C@H](Cc3ccccc3)C(OC(=O)C(C)C)[C@H](C)OC2=O)c1OC(=O)OCC(C)(C)C. The first kappa shape index (κ1) is 34.8. The fraction of sp³-hybridized carbons (Fsp3) is 0.500. The van der Waals surface area contributed by atoms with Gasteiger partial charge in [-0.15, -0.1) is 0 Å². The number of amides is 1. The van der Waals surface area contributed by atoms with E-state index in [9.17, 15) is 24.0 Å². The number of aromatic nitrogens is 1. The van der Waals surface area contributed by atoms with Crippen LogP contribution in [-0.4, -0.2) is 73.5 Å². The Hall–Kier alpha value is -4.68. The van der Waals surface area contributed by atoms with E-state index in [0.717, 1.165) is 5.56 Å². The van der Waals surface area contributed by atoms with Crippen molar-refractivity contribution in [1.82, 2.24) is 10.3 Å². The number of pyridine rings is 1. The van der Waals surface area contributed by atoms with Crippen LogP contribution in [0.3, 0.4) is 0 Å². The van der Waals surface area contributed by atoms with Crippen molar-refractivity contribution in [3.05, 3.63) is 53.9 Å². The molecule has 45 heavy (non-hydrogen) atoms. The first-order chi connectivity index (χ1) is 21.2. The Kier molecular flexibility index (Phi) is 11.9. The van der Waals surface area contributed by atoms with Crippen LogP contribution in [-0.2, 0) is 39.8 Å². The van der Waals surface area contributed by atoms with Crippen molar-refractivity contribution in [3.63, 3.8) is 0 Å². The summed E-state index contributed by atoms with van der Waals surface area (Å²) in [6.45, 7) is 9.77. The highest BCUT2D eigenvalue weighted by Crippen LogP contribution is 2.31. The second kappa shape index (κ2) is 15.4. The van der Waals surface area contributed by atoms with Crippen LogP contribution in [0.2, 0.25) is 0 Å². The molecule has 0 aliphatic carbocycles. The van der Waals surface area contributed by atoms with E-state index in [4.69, 9.17) is 28.4 Å². The molecule has 2 unspecified atom stereocenters. The Morgan fingerprint density at radius 1 is 1.07 bits per heavy atom. The number of esters is 3. The lowest BCUT2D eigenvalue weighted by molar-refractivity contribution is -0.176. The molecule has 2 aromatic rings. The predicted octanol–water partition coefficient (Wildman–Crippen LogP) is 3.67. The number of nitrogens with one attached hydrogen (secondary N) is 1. The third kappa shape index (κ3) is 9.91.